The third-order valence-electron chi connectivity index (χ3n) is 3.75. The summed E-state index contributed by atoms with van der Waals surface area (Å²) in [6.45, 7) is 7.14. The van der Waals surface area contributed by atoms with E-state index in [2.05, 4.69) is 4.98 Å². The number of benzene rings is 1. The molecule has 8 nitrogen and oxygen atoms in total. The molecular formula is C15H19N3O5S. The van der Waals surface area contributed by atoms with Gasteiger partial charge in [-0.25, -0.2) is 4.98 Å². The maximum Gasteiger partial charge on any atom is 0.358 e. The standard InChI is InChI=1S/C15H19N3O5S/c1-9(2)12-7-14(13(23-5)6-10(12)3)24(21,22)17-11(4)16-8-15(17)18(19)20/h6-9H,1-5H3. The highest BCUT2D eigenvalue weighted by atomic mass is 32.2. The molecule has 130 valence electrons. The van der Waals surface area contributed by atoms with Gasteiger partial charge in [0.05, 0.1) is 7.11 Å². The fourth-order valence-corrected chi connectivity index (χ4v) is 4.22. The molecule has 0 aliphatic heterocycles. The third-order valence-corrected chi connectivity index (χ3v) is 5.56. The molecule has 1 aromatic carbocycles. The highest BCUT2D eigenvalue weighted by Gasteiger charge is 2.34. The lowest BCUT2D eigenvalue weighted by molar-refractivity contribution is -0.390. The molecule has 24 heavy (non-hydrogen) atoms. The molecule has 1 heterocycles. The minimum absolute atomic E-state index is 0.00965. The highest BCUT2D eigenvalue weighted by Crippen LogP contribution is 2.34. The fraction of sp³-hybridized carbons (Fsp3) is 0.400. The van der Waals surface area contributed by atoms with E-state index in [4.69, 9.17) is 4.74 Å². The van der Waals surface area contributed by atoms with Gasteiger partial charge < -0.3 is 14.9 Å². The summed E-state index contributed by atoms with van der Waals surface area (Å²) in [5, 5.41) is 11.1. The summed E-state index contributed by atoms with van der Waals surface area (Å²) in [7, 11) is -2.87. The van der Waals surface area contributed by atoms with Gasteiger partial charge in [-0.05, 0) is 41.0 Å². The molecule has 9 heteroatoms. The van der Waals surface area contributed by atoms with Crippen LogP contribution in [0.2, 0.25) is 0 Å². The Balaban J connectivity index is 2.82. The second-order valence-electron chi connectivity index (χ2n) is 5.70. The normalized spacial score (nSPS) is 11.8. The lowest BCUT2D eigenvalue weighted by Gasteiger charge is -2.15. The van der Waals surface area contributed by atoms with E-state index < -0.39 is 20.8 Å². The topological polar surface area (TPSA) is 104 Å². The van der Waals surface area contributed by atoms with E-state index in [1.165, 1.54) is 20.1 Å². The van der Waals surface area contributed by atoms with Crippen LogP contribution in [0.5, 0.6) is 5.75 Å². The van der Waals surface area contributed by atoms with Crippen LogP contribution in [0.15, 0.2) is 23.2 Å². The zero-order valence-corrected chi connectivity index (χ0v) is 14.9. The average Bonchev–Trinajstić information content (AvgIpc) is 2.88. The second-order valence-corrected chi connectivity index (χ2v) is 7.46. The van der Waals surface area contributed by atoms with E-state index in [9.17, 15) is 18.5 Å². The lowest BCUT2D eigenvalue weighted by Crippen LogP contribution is -2.18. The minimum atomic E-state index is -4.23. The van der Waals surface area contributed by atoms with Crippen molar-refractivity contribution >= 4 is 15.8 Å². The summed E-state index contributed by atoms with van der Waals surface area (Å²) in [5.74, 6) is -0.375. The number of aryl methyl sites for hydroxylation is 2. The maximum absolute atomic E-state index is 13.0. The van der Waals surface area contributed by atoms with Crippen molar-refractivity contribution in [3.05, 3.63) is 45.4 Å². The fourth-order valence-electron chi connectivity index (χ4n) is 2.60. The quantitative estimate of drug-likeness (QED) is 0.604. The van der Waals surface area contributed by atoms with E-state index in [1.54, 1.807) is 6.07 Å². The highest BCUT2D eigenvalue weighted by molar-refractivity contribution is 7.90. The Morgan fingerprint density at radius 2 is 1.92 bits per heavy atom. The Morgan fingerprint density at radius 3 is 2.42 bits per heavy atom. The van der Waals surface area contributed by atoms with Crippen LogP contribution in [-0.2, 0) is 10.0 Å². The predicted molar refractivity (Wildman–Crippen MR) is 88.0 cm³/mol. The van der Waals surface area contributed by atoms with Gasteiger partial charge in [0.2, 0.25) is 5.82 Å². The molecule has 0 saturated heterocycles. The summed E-state index contributed by atoms with van der Waals surface area (Å²) < 4.78 is 31.9. The Hall–Kier alpha value is -2.42. The van der Waals surface area contributed by atoms with Crippen molar-refractivity contribution in [2.24, 2.45) is 0 Å². The van der Waals surface area contributed by atoms with E-state index >= 15 is 0 Å². The monoisotopic (exact) mass is 353 g/mol. The van der Waals surface area contributed by atoms with Crippen LogP contribution in [0.1, 0.15) is 36.7 Å². The van der Waals surface area contributed by atoms with Crippen molar-refractivity contribution in [2.45, 2.75) is 38.5 Å². The number of hydrogen-bond acceptors (Lipinski definition) is 6. The van der Waals surface area contributed by atoms with Crippen molar-refractivity contribution in [1.82, 2.24) is 8.96 Å². The number of ether oxygens (including phenoxy) is 1. The van der Waals surface area contributed by atoms with Crippen molar-refractivity contribution in [1.29, 1.82) is 0 Å². The van der Waals surface area contributed by atoms with Gasteiger partial charge in [0, 0.05) is 6.92 Å². The van der Waals surface area contributed by atoms with Gasteiger partial charge in [-0.1, -0.05) is 17.8 Å². The van der Waals surface area contributed by atoms with Crippen molar-refractivity contribution in [3.63, 3.8) is 0 Å². The van der Waals surface area contributed by atoms with Crippen LogP contribution in [0, 0.1) is 24.0 Å². The molecule has 0 fully saturated rings. The number of hydrogen-bond donors (Lipinski definition) is 0. The van der Waals surface area contributed by atoms with E-state index in [0.717, 1.165) is 17.3 Å². The number of imidazole rings is 1. The molecule has 2 rings (SSSR count). The van der Waals surface area contributed by atoms with E-state index in [0.29, 0.717) is 3.97 Å². The van der Waals surface area contributed by atoms with Crippen molar-refractivity contribution < 1.29 is 18.1 Å². The van der Waals surface area contributed by atoms with Crippen molar-refractivity contribution in [3.8, 4) is 5.75 Å². The first-order chi connectivity index (χ1) is 11.1. The number of methoxy groups -OCH3 is 1. The molecule has 0 atom stereocenters. The molecule has 0 bridgehead atoms. The predicted octanol–water partition coefficient (Wildman–Crippen LogP) is 2.78. The van der Waals surface area contributed by atoms with Crippen LogP contribution in [-0.4, -0.2) is 29.4 Å². The third kappa shape index (κ3) is 2.86. The van der Waals surface area contributed by atoms with Gasteiger partial charge in [0.1, 0.15) is 11.9 Å². The van der Waals surface area contributed by atoms with E-state index in [1.807, 2.05) is 20.8 Å². The van der Waals surface area contributed by atoms with Gasteiger partial charge in [0.15, 0.2) is 4.90 Å². The first-order valence-corrected chi connectivity index (χ1v) is 8.68. The molecule has 0 aliphatic carbocycles. The summed E-state index contributed by atoms with van der Waals surface area (Å²) >= 11 is 0. The van der Waals surface area contributed by atoms with Crippen LogP contribution in [0.3, 0.4) is 0 Å². The zero-order chi connectivity index (χ0) is 18.2. The van der Waals surface area contributed by atoms with Crippen LogP contribution in [0.25, 0.3) is 0 Å². The second kappa shape index (κ2) is 6.23. The van der Waals surface area contributed by atoms with Gasteiger partial charge in [0.25, 0.3) is 0 Å². The lowest BCUT2D eigenvalue weighted by atomic mass is 9.98. The molecule has 0 radical (unpaired) electrons. The Kier molecular flexibility index (Phi) is 4.66. The Morgan fingerprint density at radius 1 is 1.29 bits per heavy atom. The molecule has 0 N–H and O–H groups in total. The largest absolute Gasteiger partial charge is 0.495 e. The molecule has 0 aliphatic rings. The van der Waals surface area contributed by atoms with Gasteiger partial charge in [-0.15, -0.1) is 0 Å². The van der Waals surface area contributed by atoms with Crippen LogP contribution in [0.4, 0.5) is 5.82 Å². The summed E-state index contributed by atoms with van der Waals surface area (Å²) in [6.07, 6.45) is 0.927. The molecule has 0 amide bonds. The molecule has 1 aromatic heterocycles. The molecule has 0 spiro atoms. The number of rotatable bonds is 5. The number of aromatic nitrogens is 2. The van der Waals surface area contributed by atoms with Gasteiger partial charge in [-0.2, -0.15) is 8.42 Å². The molecule has 0 unspecified atom stereocenters. The molecule has 2 aromatic rings. The summed E-state index contributed by atoms with van der Waals surface area (Å²) in [6, 6.07) is 3.14. The first kappa shape index (κ1) is 17.9. The number of nitro groups is 1. The number of nitrogens with zero attached hydrogens (tertiary/aromatic N) is 3. The summed E-state index contributed by atoms with van der Waals surface area (Å²) in [4.78, 5) is 14.0. The molecular weight excluding hydrogens is 334 g/mol. The van der Waals surface area contributed by atoms with Gasteiger partial charge in [-0.3, -0.25) is 0 Å². The van der Waals surface area contributed by atoms with E-state index in [-0.39, 0.29) is 22.4 Å². The van der Waals surface area contributed by atoms with Crippen LogP contribution >= 0.6 is 0 Å². The minimum Gasteiger partial charge on any atom is -0.495 e. The van der Waals surface area contributed by atoms with Crippen molar-refractivity contribution in [2.75, 3.05) is 7.11 Å². The molecule has 0 saturated carbocycles. The zero-order valence-electron chi connectivity index (χ0n) is 14.1. The maximum atomic E-state index is 13.0. The Bertz CT molecular complexity index is 900. The SMILES string of the molecule is COc1cc(C)c(C(C)C)cc1S(=O)(=O)n1c([N+](=O)[O-])cnc1C. The smallest absolute Gasteiger partial charge is 0.358 e. The Labute approximate surface area is 140 Å². The first-order valence-electron chi connectivity index (χ1n) is 7.24. The average molecular weight is 353 g/mol. The summed E-state index contributed by atoms with van der Waals surface area (Å²) in [5.41, 5.74) is 1.72. The van der Waals surface area contributed by atoms with Crippen LogP contribution < -0.4 is 4.74 Å². The van der Waals surface area contributed by atoms with Gasteiger partial charge >= 0.3 is 15.8 Å².